The predicted molar refractivity (Wildman–Crippen MR) is 68.8 cm³/mol. The highest BCUT2D eigenvalue weighted by Crippen LogP contribution is 2.43. The summed E-state index contributed by atoms with van der Waals surface area (Å²) in [7, 11) is 0. The second-order valence-electron chi connectivity index (χ2n) is 4.92. The van der Waals surface area contributed by atoms with Gasteiger partial charge >= 0.3 is 0 Å². The Kier molecular flexibility index (Phi) is 3.56. The van der Waals surface area contributed by atoms with E-state index in [0.717, 1.165) is 11.1 Å². The normalized spacial score (nSPS) is 18.8. The molecule has 1 aliphatic rings. The third kappa shape index (κ3) is 2.18. The van der Waals surface area contributed by atoms with Crippen LogP contribution in [0.1, 0.15) is 38.0 Å². The summed E-state index contributed by atoms with van der Waals surface area (Å²) in [6.07, 6.45) is -0.0706. The fraction of sp³-hybridized carbons (Fsp3) is 0.417. The van der Waals surface area contributed by atoms with Gasteiger partial charge in [0.2, 0.25) is 5.90 Å². The monoisotopic (exact) mass is 259 g/mol. The average Bonchev–Trinajstić information content (AvgIpc) is 2.42. The van der Waals surface area contributed by atoms with Gasteiger partial charge in [0.05, 0.1) is 0 Å². The van der Waals surface area contributed by atoms with Gasteiger partial charge in [-0.2, -0.15) is 0 Å². The van der Waals surface area contributed by atoms with Crippen molar-refractivity contribution in [1.29, 1.82) is 5.41 Å². The predicted octanol–water partition coefficient (Wildman–Crippen LogP) is 4.20. The molecule has 16 heavy (non-hydrogen) atoms. The van der Waals surface area contributed by atoms with Crippen LogP contribution in [0.15, 0.2) is 18.2 Å². The summed E-state index contributed by atoms with van der Waals surface area (Å²) in [6.45, 7) is 6.29. The van der Waals surface area contributed by atoms with Gasteiger partial charge in [-0.05, 0) is 18.2 Å². The van der Waals surface area contributed by atoms with E-state index in [1.807, 2.05) is 12.1 Å². The van der Waals surface area contributed by atoms with E-state index in [1.54, 1.807) is 6.07 Å². The molecule has 0 fully saturated rings. The van der Waals surface area contributed by atoms with Gasteiger partial charge in [0, 0.05) is 21.6 Å². The lowest BCUT2D eigenvalue weighted by atomic mass is 9.84. The molecule has 0 radical (unpaired) electrons. The summed E-state index contributed by atoms with van der Waals surface area (Å²) >= 11 is 5.96. The van der Waals surface area contributed by atoms with Crippen LogP contribution in [-0.2, 0) is 4.74 Å². The molecule has 4 heteroatoms. The van der Waals surface area contributed by atoms with E-state index in [4.69, 9.17) is 21.7 Å². The lowest BCUT2D eigenvalue weighted by Gasteiger charge is -2.26. The van der Waals surface area contributed by atoms with Gasteiger partial charge in [-0.25, -0.2) is 0 Å². The fourth-order valence-electron chi connectivity index (χ4n) is 1.85. The smallest absolute Gasteiger partial charge is 0.214 e. The van der Waals surface area contributed by atoms with Crippen molar-refractivity contribution < 1.29 is 4.74 Å². The number of fused-ring (bicyclic) bond motifs is 1. The molecule has 1 aromatic carbocycles. The molecule has 1 heterocycles. The van der Waals surface area contributed by atoms with Crippen LogP contribution in [0.4, 0.5) is 0 Å². The first-order valence-electron chi connectivity index (χ1n) is 4.94. The third-order valence-corrected chi connectivity index (χ3v) is 2.80. The first-order valence-corrected chi connectivity index (χ1v) is 5.32. The Morgan fingerprint density at radius 3 is 2.50 bits per heavy atom. The van der Waals surface area contributed by atoms with Crippen LogP contribution in [0, 0.1) is 10.8 Å². The van der Waals surface area contributed by atoms with Crippen molar-refractivity contribution in [1.82, 2.24) is 0 Å². The van der Waals surface area contributed by atoms with E-state index in [0.29, 0.717) is 5.02 Å². The van der Waals surface area contributed by atoms with Crippen LogP contribution in [-0.4, -0.2) is 5.90 Å². The maximum Gasteiger partial charge on any atom is 0.214 e. The highest BCUT2D eigenvalue weighted by molar-refractivity contribution is 6.30. The van der Waals surface area contributed by atoms with Gasteiger partial charge in [0.25, 0.3) is 0 Å². The zero-order chi connectivity index (χ0) is 11.2. The lowest BCUT2D eigenvalue weighted by molar-refractivity contribution is 0.0874. The Morgan fingerprint density at radius 1 is 1.31 bits per heavy atom. The molecule has 0 aromatic heterocycles. The van der Waals surface area contributed by atoms with Gasteiger partial charge in [-0.1, -0.05) is 32.4 Å². The van der Waals surface area contributed by atoms with Crippen LogP contribution in [0.5, 0.6) is 0 Å². The minimum atomic E-state index is -0.0706. The maximum absolute atomic E-state index is 7.75. The van der Waals surface area contributed by atoms with Crippen molar-refractivity contribution in [3.8, 4) is 0 Å². The molecule has 0 amide bonds. The molecule has 1 unspecified atom stereocenters. The van der Waals surface area contributed by atoms with E-state index in [2.05, 4.69) is 20.8 Å². The van der Waals surface area contributed by atoms with Crippen LogP contribution < -0.4 is 0 Å². The van der Waals surface area contributed by atoms with E-state index >= 15 is 0 Å². The van der Waals surface area contributed by atoms with Crippen LogP contribution in [0.25, 0.3) is 0 Å². The number of rotatable bonds is 0. The van der Waals surface area contributed by atoms with Gasteiger partial charge in [-0.3, -0.25) is 5.41 Å². The van der Waals surface area contributed by atoms with Crippen molar-refractivity contribution in [2.75, 3.05) is 0 Å². The fourth-order valence-corrected chi connectivity index (χ4v) is 2.03. The molecule has 0 saturated heterocycles. The molecule has 1 aromatic rings. The SMILES string of the molecule is CC(C)(C)C1OC(=N)c2ccc(Cl)cc21.Cl. The quantitative estimate of drug-likeness (QED) is 0.744. The molecule has 0 bridgehead atoms. The Labute approximate surface area is 107 Å². The summed E-state index contributed by atoms with van der Waals surface area (Å²) in [5.74, 6) is 0.251. The number of benzene rings is 1. The van der Waals surface area contributed by atoms with Gasteiger partial charge in [-0.15, -0.1) is 12.4 Å². The highest BCUT2D eigenvalue weighted by Gasteiger charge is 2.37. The topological polar surface area (TPSA) is 33.1 Å². The van der Waals surface area contributed by atoms with Gasteiger partial charge in [0.1, 0.15) is 6.10 Å². The Morgan fingerprint density at radius 2 is 1.94 bits per heavy atom. The molecule has 0 spiro atoms. The minimum Gasteiger partial charge on any atom is -0.469 e. The first-order chi connectivity index (χ1) is 6.89. The van der Waals surface area contributed by atoms with Crippen molar-refractivity contribution in [3.63, 3.8) is 0 Å². The zero-order valence-electron chi connectivity index (χ0n) is 9.50. The van der Waals surface area contributed by atoms with E-state index in [1.165, 1.54) is 0 Å². The third-order valence-electron chi connectivity index (χ3n) is 2.56. The van der Waals surface area contributed by atoms with Crippen molar-refractivity contribution in [2.45, 2.75) is 26.9 Å². The number of hydrogen-bond donors (Lipinski definition) is 1. The second kappa shape index (κ2) is 4.27. The summed E-state index contributed by atoms with van der Waals surface area (Å²) in [5.41, 5.74) is 1.86. The highest BCUT2D eigenvalue weighted by atomic mass is 35.5. The second-order valence-corrected chi connectivity index (χ2v) is 5.36. The number of nitrogens with one attached hydrogen (secondary N) is 1. The van der Waals surface area contributed by atoms with Crippen molar-refractivity contribution in [2.24, 2.45) is 5.41 Å². The average molecular weight is 260 g/mol. The summed E-state index contributed by atoms with van der Waals surface area (Å²) in [5, 5.41) is 8.44. The van der Waals surface area contributed by atoms with E-state index < -0.39 is 0 Å². The molecule has 88 valence electrons. The first kappa shape index (κ1) is 13.3. The van der Waals surface area contributed by atoms with Gasteiger partial charge < -0.3 is 4.74 Å². The summed E-state index contributed by atoms with van der Waals surface area (Å²) in [4.78, 5) is 0. The lowest BCUT2D eigenvalue weighted by Crippen LogP contribution is -2.18. The molecule has 2 nitrogen and oxygen atoms in total. The van der Waals surface area contributed by atoms with Crippen LogP contribution >= 0.6 is 24.0 Å². The Balaban J connectivity index is 0.00000128. The minimum absolute atomic E-state index is 0. The Hall–Kier alpha value is -0.730. The Bertz CT molecular complexity index is 424. The summed E-state index contributed by atoms with van der Waals surface area (Å²) in [6, 6.07) is 5.55. The maximum atomic E-state index is 7.75. The molecule has 0 saturated carbocycles. The molecular formula is C12H15Cl2NO. The van der Waals surface area contributed by atoms with Gasteiger partial charge in [0.15, 0.2) is 0 Å². The largest absolute Gasteiger partial charge is 0.469 e. The number of hydrogen-bond acceptors (Lipinski definition) is 2. The van der Waals surface area contributed by atoms with Crippen LogP contribution in [0.2, 0.25) is 5.02 Å². The molecular weight excluding hydrogens is 245 g/mol. The number of halogens is 2. The molecule has 1 aliphatic heterocycles. The van der Waals surface area contributed by atoms with Crippen LogP contribution in [0.3, 0.4) is 0 Å². The molecule has 0 aliphatic carbocycles. The van der Waals surface area contributed by atoms with Crippen molar-refractivity contribution in [3.05, 3.63) is 34.3 Å². The zero-order valence-corrected chi connectivity index (χ0v) is 11.1. The van der Waals surface area contributed by atoms with Crippen molar-refractivity contribution >= 4 is 29.9 Å². The van der Waals surface area contributed by atoms with E-state index in [9.17, 15) is 0 Å². The summed E-state index contributed by atoms with van der Waals surface area (Å²) < 4.78 is 5.58. The molecule has 1 N–H and O–H groups in total. The van der Waals surface area contributed by atoms with E-state index in [-0.39, 0.29) is 29.8 Å². The standard InChI is InChI=1S/C12H14ClNO.ClH/c1-12(2,3)10-9-6-7(13)4-5-8(9)11(14)15-10;/h4-6,10,14H,1-3H3;1H. The molecule has 1 atom stereocenters. The number of ether oxygens (including phenoxy) is 1. The molecule has 2 rings (SSSR count).